The molecule has 3 heteroatoms. The van der Waals surface area contributed by atoms with Crippen molar-refractivity contribution < 1.29 is 0 Å². The molecule has 1 heterocycles. The SMILES string of the molecule is CC(NCC(C)(C)C#N)C1CCCN(C)C1. The van der Waals surface area contributed by atoms with Gasteiger partial charge in [-0.15, -0.1) is 0 Å². The lowest BCUT2D eigenvalue weighted by Crippen LogP contribution is -2.45. The molecular formula is C13H25N3. The van der Waals surface area contributed by atoms with Gasteiger partial charge in [0.2, 0.25) is 0 Å². The summed E-state index contributed by atoms with van der Waals surface area (Å²) < 4.78 is 0. The molecule has 0 aromatic rings. The Morgan fingerprint density at radius 3 is 2.81 bits per heavy atom. The fourth-order valence-electron chi connectivity index (χ4n) is 2.24. The second-order valence-corrected chi connectivity index (χ2v) is 5.83. The molecule has 2 atom stereocenters. The Morgan fingerprint density at radius 1 is 1.56 bits per heavy atom. The molecule has 0 aromatic heterocycles. The molecule has 92 valence electrons. The molecule has 16 heavy (non-hydrogen) atoms. The van der Waals surface area contributed by atoms with E-state index >= 15 is 0 Å². The zero-order valence-electron chi connectivity index (χ0n) is 11.1. The van der Waals surface area contributed by atoms with Crippen LogP contribution < -0.4 is 5.32 Å². The fourth-order valence-corrected chi connectivity index (χ4v) is 2.24. The van der Waals surface area contributed by atoms with Crippen LogP contribution in [0, 0.1) is 22.7 Å². The molecule has 0 bridgehead atoms. The molecule has 1 saturated heterocycles. The van der Waals surface area contributed by atoms with E-state index in [-0.39, 0.29) is 5.41 Å². The lowest BCUT2D eigenvalue weighted by molar-refractivity contribution is 0.175. The Labute approximate surface area is 99.8 Å². The minimum Gasteiger partial charge on any atom is -0.312 e. The molecule has 0 amide bonds. The highest BCUT2D eigenvalue weighted by atomic mass is 15.1. The van der Waals surface area contributed by atoms with Crippen LogP contribution in [0.5, 0.6) is 0 Å². The molecule has 0 saturated carbocycles. The van der Waals surface area contributed by atoms with E-state index in [4.69, 9.17) is 5.26 Å². The van der Waals surface area contributed by atoms with Crippen LogP contribution in [0.3, 0.4) is 0 Å². The molecular weight excluding hydrogens is 198 g/mol. The van der Waals surface area contributed by atoms with Gasteiger partial charge in [0.05, 0.1) is 11.5 Å². The Kier molecular flexibility index (Phi) is 4.76. The molecule has 1 aliphatic rings. The molecule has 1 aliphatic heterocycles. The van der Waals surface area contributed by atoms with Crippen LogP contribution in [0.2, 0.25) is 0 Å². The molecule has 1 N–H and O–H groups in total. The van der Waals surface area contributed by atoms with Crippen molar-refractivity contribution in [1.82, 2.24) is 10.2 Å². The molecule has 3 nitrogen and oxygen atoms in total. The van der Waals surface area contributed by atoms with Crippen molar-refractivity contribution in [3.05, 3.63) is 0 Å². The van der Waals surface area contributed by atoms with Gasteiger partial charge >= 0.3 is 0 Å². The van der Waals surface area contributed by atoms with Crippen LogP contribution in [-0.4, -0.2) is 37.6 Å². The van der Waals surface area contributed by atoms with E-state index in [0.717, 1.165) is 12.5 Å². The lowest BCUT2D eigenvalue weighted by Gasteiger charge is -2.34. The van der Waals surface area contributed by atoms with Gasteiger partial charge < -0.3 is 10.2 Å². The number of nitriles is 1. The van der Waals surface area contributed by atoms with E-state index in [0.29, 0.717) is 6.04 Å². The second kappa shape index (κ2) is 5.65. The number of nitrogens with one attached hydrogen (secondary N) is 1. The van der Waals surface area contributed by atoms with Gasteiger partial charge in [0.1, 0.15) is 0 Å². The third kappa shape index (κ3) is 4.11. The number of rotatable bonds is 4. The standard InChI is InChI=1S/C13H25N3/c1-11(15-10-13(2,3)9-14)12-6-5-7-16(4)8-12/h11-12,15H,5-8,10H2,1-4H3. The Bertz CT molecular complexity index is 254. The minimum absolute atomic E-state index is 0.255. The molecule has 1 fully saturated rings. The monoisotopic (exact) mass is 223 g/mol. The van der Waals surface area contributed by atoms with E-state index < -0.39 is 0 Å². The summed E-state index contributed by atoms with van der Waals surface area (Å²) in [5.74, 6) is 0.730. The van der Waals surface area contributed by atoms with Crippen LogP contribution in [-0.2, 0) is 0 Å². The van der Waals surface area contributed by atoms with E-state index in [1.807, 2.05) is 13.8 Å². The largest absolute Gasteiger partial charge is 0.312 e. The average molecular weight is 223 g/mol. The Balaban J connectivity index is 2.35. The maximum atomic E-state index is 8.96. The molecule has 0 radical (unpaired) electrons. The quantitative estimate of drug-likeness (QED) is 0.790. The number of hydrogen-bond acceptors (Lipinski definition) is 3. The minimum atomic E-state index is -0.255. The summed E-state index contributed by atoms with van der Waals surface area (Å²) in [5.41, 5.74) is -0.255. The van der Waals surface area contributed by atoms with Crippen LogP contribution in [0.1, 0.15) is 33.6 Å². The van der Waals surface area contributed by atoms with E-state index in [9.17, 15) is 0 Å². The summed E-state index contributed by atoms with van der Waals surface area (Å²) in [6.45, 7) is 9.41. The first kappa shape index (κ1) is 13.5. The Hall–Kier alpha value is -0.590. The van der Waals surface area contributed by atoms with Crippen molar-refractivity contribution in [3.8, 4) is 6.07 Å². The van der Waals surface area contributed by atoms with Crippen LogP contribution in [0.4, 0.5) is 0 Å². The van der Waals surface area contributed by atoms with Crippen molar-refractivity contribution in [2.45, 2.75) is 39.7 Å². The first-order valence-electron chi connectivity index (χ1n) is 6.28. The van der Waals surface area contributed by atoms with Gasteiger partial charge in [-0.1, -0.05) is 0 Å². The molecule has 1 rings (SSSR count). The van der Waals surface area contributed by atoms with Gasteiger partial charge in [-0.25, -0.2) is 0 Å². The van der Waals surface area contributed by atoms with E-state index in [1.165, 1.54) is 25.9 Å². The summed E-state index contributed by atoms with van der Waals surface area (Å²) >= 11 is 0. The van der Waals surface area contributed by atoms with E-state index in [1.54, 1.807) is 0 Å². The normalized spacial score (nSPS) is 25.1. The number of nitrogens with zero attached hydrogens (tertiary/aromatic N) is 2. The highest BCUT2D eigenvalue weighted by Gasteiger charge is 2.24. The summed E-state index contributed by atoms with van der Waals surface area (Å²) in [6.07, 6.45) is 2.61. The van der Waals surface area contributed by atoms with Crippen molar-refractivity contribution in [2.24, 2.45) is 11.3 Å². The predicted octanol–water partition coefficient (Wildman–Crippen LogP) is 1.86. The molecule has 0 spiro atoms. The van der Waals surface area contributed by atoms with Gasteiger partial charge in [-0.2, -0.15) is 5.26 Å². The van der Waals surface area contributed by atoms with Crippen molar-refractivity contribution in [3.63, 3.8) is 0 Å². The highest BCUT2D eigenvalue weighted by molar-refractivity contribution is 4.94. The second-order valence-electron chi connectivity index (χ2n) is 5.83. The third-order valence-electron chi connectivity index (χ3n) is 3.54. The van der Waals surface area contributed by atoms with Gasteiger partial charge in [0.25, 0.3) is 0 Å². The molecule has 2 unspecified atom stereocenters. The maximum Gasteiger partial charge on any atom is 0.0697 e. The van der Waals surface area contributed by atoms with Gasteiger partial charge in [-0.3, -0.25) is 0 Å². The van der Waals surface area contributed by atoms with Crippen molar-refractivity contribution in [2.75, 3.05) is 26.7 Å². The predicted molar refractivity (Wildman–Crippen MR) is 67.1 cm³/mol. The van der Waals surface area contributed by atoms with Crippen molar-refractivity contribution in [1.29, 1.82) is 5.26 Å². The first-order valence-corrected chi connectivity index (χ1v) is 6.28. The molecule has 0 aromatic carbocycles. The first-order chi connectivity index (χ1) is 7.44. The van der Waals surface area contributed by atoms with Crippen LogP contribution >= 0.6 is 0 Å². The highest BCUT2D eigenvalue weighted by Crippen LogP contribution is 2.19. The lowest BCUT2D eigenvalue weighted by atomic mass is 9.90. The summed E-state index contributed by atoms with van der Waals surface area (Å²) in [5, 5.41) is 12.5. The maximum absolute atomic E-state index is 8.96. The van der Waals surface area contributed by atoms with Crippen LogP contribution in [0.25, 0.3) is 0 Å². The Morgan fingerprint density at radius 2 is 2.25 bits per heavy atom. The zero-order chi connectivity index (χ0) is 12.2. The van der Waals surface area contributed by atoms with Gasteiger partial charge in [-0.05, 0) is 53.1 Å². The number of piperidine rings is 1. The summed E-state index contributed by atoms with van der Waals surface area (Å²) in [6, 6.07) is 2.85. The number of likely N-dealkylation sites (tertiary alicyclic amines) is 1. The summed E-state index contributed by atoms with van der Waals surface area (Å²) in [4.78, 5) is 2.40. The molecule has 0 aliphatic carbocycles. The van der Waals surface area contributed by atoms with Crippen LogP contribution in [0.15, 0.2) is 0 Å². The van der Waals surface area contributed by atoms with Crippen molar-refractivity contribution >= 4 is 0 Å². The topological polar surface area (TPSA) is 39.1 Å². The fraction of sp³-hybridized carbons (Fsp3) is 0.923. The zero-order valence-corrected chi connectivity index (χ0v) is 11.1. The van der Waals surface area contributed by atoms with E-state index in [2.05, 4.69) is 30.3 Å². The summed E-state index contributed by atoms with van der Waals surface area (Å²) in [7, 11) is 2.19. The van der Waals surface area contributed by atoms with Gasteiger partial charge in [0.15, 0.2) is 0 Å². The van der Waals surface area contributed by atoms with Gasteiger partial charge in [0, 0.05) is 19.1 Å². The smallest absolute Gasteiger partial charge is 0.0697 e. The third-order valence-corrected chi connectivity index (χ3v) is 3.54. The number of hydrogen-bond donors (Lipinski definition) is 1. The average Bonchev–Trinajstić information content (AvgIpc) is 2.26.